The van der Waals surface area contributed by atoms with Gasteiger partial charge in [0.15, 0.2) is 0 Å². The molecule has 0 saturated heterocycles. The van der Waals surface area contributed by atoms with Gasteiger partial charge in [-0.1, -0.05) is 20.8 Å². The molecule has 0 rings (SSSR count). The van der Waals surface area contributed by atoms with Crippen molar-refractivity contribution in [3.05, 3.63) is 0 Å². The van der Waals surface area contributed by atoms with Crippen molar-refractivity contribution in [2.24, 2.45) is 11.7 Å². The Bertz CT molecular complexity index is 200. The molecule has 0 radical (unpaired) electrons. The molecule has 5 N–H and O–H groups in total. The normalized spacial score (nSPS) is 14.9. The molecule has 1 amide bonds. The minimum Gasteiger partial charge on any atom is -0.426 e. The van der Waals surface area contributed by atoms with E-state index >= 15 is 0 Å². The van der Waals surface area contributed by atoms with Crippen molar-refractivity contribution < 1.29 is 14.8 Å². The van der Waals surface area contributed by atoms with Crippen molar-refractivity contribution >= 4 is 13.0 Å². The van der Waals surface area contributed by atoms with Crippen molar-refractivity contribution in [3.8, 4) is 0 Å². The van der Waals surface area contributed by atoms with Crippen LogP contribution in [0.5, 0.6) is 0 Å². The lowest BCUT2D eigenvalue weighted by Gasteiger charge is -2.21. The van der Waals surface area contributed by atoms with Crippen LogP contribution in [0.25, 0.3) is 0 Å². The number of carbonyl (C=O) groups is 1. The number of amides is 1. The van der Waals surface area contributed by atoms with Crippen LogP contribution in [0.3, 0.4) is 0 Å². The van der Waals surface area contributed by atoms with Crippen molar-refractivity contribution in [2.75, 3.05) is 0 Å². The van der Waals surface area contributed by atoms with Gasteiger partial charge in [0.05, 0.1) is 12.0 Å². The van der Waals surface area contributed by atoms with Crippen LogP contribution in [-0.4, -0.2) is 35.1 Å². The van der Waals surface area contributed by atoms with E-state index < -0.39 is 19.1 Å². The highest BCUT2D eigenvalue weighted by molar-refractivity contribution is 6.43. The SMILES string of the molecule is CC[C@H](N)C(=O)N[C@@H](CC(C)C)B(O)O. The van der Waals surface area contributed by atoms with E-state index in [1.165, 1.54) is 0 Å². The largest absolute Gasteiger partial charge is 0.475 e. The van der Waals surface area contributed by atoms with Gasteiger partial charge in [-0.05, 0) is 18.8 Å². The Morgan fingerprint density at radius 1 is 1.47 bits per heavy atom. The molecule has 0 aromatic rings. The van der Waals surface area contributed by atoms with E-state index in [1.54, 1.807) is 6.92 Å². The highest BCUT2D eigenvalue weighted by Crippen LogP contribution is 2.06. The molecule has 6 heteroatoms. The summed E-state index contributed by atoms with van der Waals surface area (Å²) in [6.45, 7) is 5.69. The number of nitrogens with two attached hydrogens (primary N) is 1. The number of rotatable bonds is 6. The molecular formula is C9H21BN2O3. The zero-order valence-corrected chi connectivity index (χ0v) is 9.60. The summed E-state index contributed by atoms with van der Waals surface area (Å²) in [5.74, 6) is -0.707. The molecule has 0 saturated carbocycles. The molecule has 0 bridgehead atoms. The van der Waals surface area contributed by atoms with E-state index in [0.29, 0.717) is 12.8 Å². The van der Waals surface area contributed by atoms with Gasteiger partial charge < -0.3 is 21.1 Å². The van der Waals surface area contributed by atoms with E-state index in [4.69, 9.17) is 15.8 Å². The molecule has 0 aliphatic rings. The molecule has 0 heterocycles. The van der Waals surface area contributed by atoms with Crippen LogP contribution in [0.2, 0.25) is 0 Å². The summed E-state index contributed by atoms with van der Waals surface area (Å²) in [5.41, 5.74) is 5.52. The van der Waals surface area contributed by atoms with E-state index in [0.717, 1.165) is 0 Å². The first-order valence-electron chi connectivity index (χ1n) is 5.30. The van der Waals surface area contributed by atoms with Crippen LogP contribution >= 0.6 is 0 Å². The van der Waals surface area contributed by atoms with E-state index in [2.05, 4.69) is 5.32 Å². The Labute approximate surface area is 91.2 Å². The minimum atomic E-state index is -1.54. The minimum absolute atomic E-state index is 0.273. The molecule has 0 unspecified atom stereocenters. The summed E-state index contributed by atoms with van der Waals surface area (Å²) in [6, 6.07) is -0.585. The van der Waals surface area contributed by atoms with Gasteiger partial charge in [0.2, 0.25) is 5.91 Å². The summed E-state index contributed by atoms with van der Waals surface area (Å²) in [5, 5.41) is 20.7. The third-order valence-electron chi connectivity index (χ3n) is 2.19. The third kappa shape index (κ3) is 5.76. The summed E-state index contributed by atoms with van der Waals surface area (Å²) in [7, 11) is -1.54. The maximum absolute atomic E-state index is 11.4. The van der Waals surface area contributed by atoms with Gasteiger partial charge in [0.25, 0.3) is 0 Å². The number of carbonyl (C=O) groups excluding carboxylic acids is 1. The van der Waals surface area contributed by atoms with Crippen LogP contribution in [-0.2, 0) is 4.79 Å². The maximum atomic E-state index is 11.4. The van der Waals surface area contributed by atoms with Gasteiger partial charge in [-0.25, -0.2) is 0 Å². The van der Waals surface area contributed by atoms with Gasteiger partial charge in [-0.3, -0.25) is 4.79 Å². The molecule has 0 aliphatic heterocycles. The molecule has 0 aromatic carbocycles. The predicted molar refractivity (Wildman–Crippen MR) is 59.8 cm³/mol. The quantitative estimate of drug-likeness (QED) is 0.440. The second-order valence-electron chi connectivity index (χ2n) is 4.17. The Morgan fingerprint density at radius 3 is 2.33 bits per heavy atom. The Morgan fingerprint density at radius 2 is 2.00 bits per heavy atom. The number of nitrogens with one attached hydrogen (secondary N) is 1. The highest BCUT2D eigenvalue weighted by Gasteiger charge is 2.27. The van der Waals surface area contributed by atoms with Crippen LogP contribution in [0.4, 0.5) is 0 Å². The lowest BCUT2D eigenvalue weighted by molar-refractivity contribution is -0.122. The predicted octanol–water partition coefficient (Wildman–Crippen LogP) is -0.733. The topological polar surface area (TPSA) is 95.6 Å². The van der Waals surface area contributed by atoms with Gasteiger partial charge >= 0.3 is 7.12 Å². The van der Waals surface area contributed by atoms with E-state index in [1.807, 2.05) is 13.8 Å². The molecule has 2 atom stereocenters. The Kier molecular flexibility index (Phi) is 6.55. The maximum Gasteiger partial charge on any atom is 0.475 e. The fourth-order valence-electron chi connectivity index (χ4n) is 1.24. The molecule has 15 heavy (non-hydrogen) atoms. The first-order valence-corrected chi connectivity index (χ1v) is 5.30. The van der Waals surface area contributed by atoms with E-state index in [9.17, 15) is 4.79 Å². The zero-order chi connectivity index (χ0) is 12.0. The van der Waals surface area contributed by atoms with Gasteiger partial charge in [0, 0.05) is 0 Å². The van der Waals surface area contributed by atoms with Crippen LogP contribution in [0.15, 0.2) is 0 Å². The molecule has 0 aliphatic carbocycles. The van der Waals surface area contributed by atoms with Crippen LogP contribution < -0.4 is 11.1 Å². The van der Waals surface area contributed by atoms with Gasteiger partial charge in [-0.15, -0.1) is 0 Å². The molecule has 0 spiro atoms. The Balaban J connectivity index is 4.22. The summed E-state index contributed by atoms with van der Waals surface area (Å²) < 4.78 is 0. The van der Waals surface area contributed by atoms with Crippen molar-refractivity contribution in [1.29, 1.82) is 0 Å². The monoisotopic (exact) mass is 216 g/mol. The Hall–Kier alpha value is -0.585. The fourth-order valence-corrected chi connectivity index (χ4v) is 1.24. The molecular weight excluding hydrogens is 195 g/mol. The van der Waals surface area contributed by atoms with E-state index in [-0.39, 0.29) is 11.8 Å². The lowest BCUT2D eigenvalue weighted by Crippen LogP contribution is -2.52. The number of hydrogen-bond acceptors (Lipinski definition) is 4. The van der Waals surface area contributed by atoms with Crippen molar-refractivity contribution in [1.82, 2.24) is 5.32 Å². The van der Waals surface area contributed by atoms with Crippen molar-refractivity contribution in [2.45, 2.75) is 45.6 Å². The lowest BCUT2D eigenvalue weighted by atomic mass is 9.75. The zero-order valence-electron chi connectivity index (χ0n) is 9.60. The van der Waals surface area contributed by atoms with Gasteiger partial charge in [0.1, 0.15) is 0 Å². The second kappa shape index (κ2) is 6.82. The molecule has 5 nitrogen and oxygen atoms in total. The summed E-state index contributed by atoms with van der Waals surface area (Å²) in [4.78, 5) is 11.4. The van der Waals surface area contributed by atoms with Crippen LogP contribution in [0.1, 0.15) is 33.6 Å². The average Bonchev–Trinajstić information content (AvgIpc) is 2.14. The molecule has 0 aromatic heterocycles. The molecule has 0 fully saturated rings. The first kappa shape index (κ1) is 14.4. The van der Waals surface area contributed by atoms with Crippen molar-refractivity contribution in [3.63, 3.8) is 0 Å². The smallest absolute Gasteiger partial charge is 0.426 e. The highest BCUT2D eigenvalue weighted by atomic mass is 16.4. The summed E-state index contributed by atoms with van der Waals surface area (Å²) >= 11 is 0. The average molecular weight is 216 g/mol. The van der Waals surface area contributed by atoms with Gasteiger partial charge in [-0.2, -0.15) is 0 Å². The first-order chi connectivity index (χ1) is 6.88. The third-order valence-corrected chi connectivity index (χ3v) is 2.19. The molecule has 88 valence electrons. The second-order valence-corrected chi connectivity index (χ2v) is 4.17. The fraction of sp³-hybridized carbons (Fsp3) is 0.889. The standard InChI is InChI=1S/C9H21BN2O3/c1-4-7(11)9(13)12-8(10(14)15)5-6(2)3/h6-8,14-15H,4-5,11H2,1-3H3,(H,12,13)/t7-,8-/m0/s1. The summed E-state index contributed by atoms with van der Waals surface area (Å²) in [6.07, 6.45) is 1.04. The van der Waals surface area contributed by atoms with Crippen LogP contribution in [0, 0.1) is 5.92 Å². The number of hydrogen-bond donors (Lipinski definition) is 4.